The number of hydrogen-bond acceptors (Lipinski definition) is 5. The fourth-order valence-electron chi connectivity index (χ4n) is 1.98. The summed E-state index contributed by atoms with van der Waals surface area (Å²) >= 11 is 1.60. The Bertz CT molecular complexity index is 912. The first-order chi connectivity index (χ1) is 11.3. The fourth-order valence-corrected chi connectivity index (χ4v) is 3.71. The van der Waals surface area contributed by atoms with Crippen LogP contribution >= 0.6 is 11.8 Å². The van der Waals surface area contributed by atoms with E-state index in [2.05, 4.69) is 0 Å². The number of para-hydroxylation sites is 1. The third-order valence-electron chi connectivity index (χ3n) is 3.12. The molecule has 128 valence electrons. The van der Waals surface area contributed by atoms with Gasteiger partial charge in [-0.2, -0.15) is 0 Å². The molecule has 0 fully saturated rings. The molecule has 0 spiro atoms. The van der Waals surface area contributed by atoms with Gasteiger partial charge in [-0.1, -0.05) is 24.3 Å². The number of primary sulfonamides is 1. The standard InChI is InChI=1S/C15H16N2O4S3/c1-22-13-8-6-12(7-9-13)10-11-17(23(18)19)14-4-2-3-5-15(14)24(16,20)21/h2-11,23H,1H3,(H2,16,20,21). The zero-order chi connectivity index (χ0) is 17.7. The van der Waals surface area contributed by atoms with Gasteiger partial charge in [0.15, 0.2) is 0 Å². The summed E-state index contributed by atoms with van der Waals surface area (Å²) in [5.74, 6) is 0. The number of sulfonamides is 1. The van der Waals surface area contributed by atoms with E-state index in [0.717, 1.165) is 14.8 Å². The Balaban J connectivity index is 2.42. The second-order valence-electron chi connectivity index (χ2n) is 4.68. The van der Waals surface area contributed by atoms with Crippen LogP contribution in [-0.4, -0.2) is 23.1 Å². The second-order valence-corrected chi connectivity index (χ2v) is 8.00. The Morgan fingerprint density at radius 2 is 1.71 bits per heavy atom. The zero-order valence-electron chi connectivity index (χ0n) is 12.7. The zero-order valence-corrected chi connectivity index (χ0v) is 15.2. The van der Waals surface area contributed by atoms with E-state index in [9.17, 15) is 16.8 Å². The molecule has 0 aliphatic heterocycles. The van der Waals surface area contributed by atoms with Crippen molar-refractivity contribution >= 4 is 44.4 Å². The molecule has 6 nitrogen and oxygen atoms in total. The molecule has 0 amide bonds. The third-order valence-corrected chi connectivity index (χ3v) is 5.52. The summed E-state index contributed by atoms with van der Waals surface area (Å²) in [6.07, 6.45) is 4.83. The first-order valence-corrected chi connectivity index (χ1v) is 10.6. The summed E-state index contributed by atoms with van der Waals surface area (Å²) < 4.78 is 47.3. The molecule has 0 aliphatic rings. The molecule has 24 heavy (non-hydrogen) atoms. The van der Waals surface area contributed by atoms with Crippen molar-refractivity contribution in [1.82, 2.24) is 0 Å². The van der Waals surface area contributed by atoms with Crippen molar-refractivity contribution in [3.8, 4) is 0 Å². The summed E-state index contributed by atoms with van der Waals surface area (Å²) in [6, 6.07) is 13.1. The maximum Gasteiger partial charge on any atom is 0.240 e. The maximum absolute atomic E-state index is 11.7. The lowest BCUT2D eigenvalue weighted by Crippen LogP contribution is -2.20. The molecule has 0 aliphatic carbocycles. The predicted molar refractivity (Wildman–Crippen MR) is 97.9 cm³/mol. The van der Waals surface area contributed by atoms with Crippen molar-refractivity contribution in [2.75, 3.05) is 10.6 Å². The predicted octanol–water partition coefficient (Wildman–Crippen LogP) is 2.06. The van der Waals surface area contributed by atoms with Gasteiger partial charge in [0.05, 0.1) is 5.69 Å². The molecule has 0 aromatic heterocycles. The van der Waals surface area contributed by atoms with Crippen LogP contribution in [0, 0.1) is 0 Å². The van der Waals surface area contributed by atoms with Crippen LogP contribution in [0.4, 0.5) is 5.69 Å². The highest BCUT2D eigenvalue weighted by Crippen LogP contribution is 2.25. The minimum absolute atomic E-state index is 0.0203. The molecule has 0 bridgehead atoms. The van der Waals surface area contributed by atoms with E-state index in [-0.39, 0.29) is 10.6 Å². The van der Waals surface area contributed by atoms with Crippen LogP contribution in [0.5, 0.6) is 0 Å². The van der Waals surface area contributed by atoms with Crippen LogP contribution in [0.25, 0.3) is 6.08 Å². The van der Waals surface area contributed by atoms with Crippen LogP contribution in [0.1, 0.15) is 5.56 Å². The van der Waals surface area contributed by atoms with Crippen molar-refractivity contribution in [3.05, 3.63) is 60.3 Å². The molecule has 0 saturated carbocycles. The van der Waals surface area contributed by atoms with Gasteiger partial charge < -0.3 is 0 Å². The normalized spacial score (nSPS) is 12.0. The summed E-state index contributed by atoms with van der Waals surface area (Å²) in [5, 5.41) is 5.16. The molecular formula is C15H16N2O4S3. The largest absolute Gasteiger partial charge is 0.246 e. The fraction of sp³-hybridized carbons (Fsp3) is 0.0667. The van der Waals surface area contributed by atoms with Crippen molar-refractivity contribution in [3.63, 3.8) is 0 Å². The van der Waals surface area contributed by atoms with Crippen molar-refractivity contribution in [2.45, 2.75) is 9.79 Å². The first-order valence-electron chi connectivity index (χ1n) is 6.70. The molecule has 0 radical (unpaired) electrons. The number of thiol groups is 1. The number of nitrogens with zero attached hydrogens (tertiary/aromatic N) is 1. The van der Waals surface area contributed by atoms with Crippen molar-refractivity contribution in [2.24, 2.45) is 5.14 Å². The van der Waals surface area contributed by atoms with Gasteiger partial charge in [-0.25, -0.2) is 26.3 Å². The van der Waals surface area contributed by atoms with Crippen LogP contribution in [0.15, 0.2) is 64.5 Å². The summed E-state index contributed by atoms with van der Waals surface area (Å²) in [4.78, 5) is 0.824. The molecule has 0 atom stereocenters. The molecule has 0 saturated heterocycles. The highest BCUT2D eigenvalue weighted by atomic mass is 32.2. The van der Waals surface area contributed by atoms with E-state index >= 15 is 0 Å². The topological polar surface area (TPSA) is 97.5 Å². The Labute approximate surface area is 147 Å². The van der Waals surface area contributed by atoms with E-state index in [1.165, 1.54) is 30.5 Å². The number of anilines is 1. The number of nitrogens with two attached hydrogens (primary N) is 1. The van der Waals surface area contributed by atoms with Gasteiger partial charge in [0.25, 0.3) is 0 Å². The highest BCUT2D eigenvalue weighted by Gasteiger charge is 2.18. The summed E-state index contributed by atoms with van der Waals surface area (Å²) in [6.45, 7) is 0. The highest BCUT2D eigenvalue weighted by molar-refractivity contribution is 7.98. The molecular weight excluding hydrogens is 368 g/mol. The van der Waals surface area contributed by atoms with E-state index in [0.29, 0.717) is 0 Å². The monoisotopic (exact) mass is 384 g/mol. The molecule has 0 heterocycles. The number of hydrogen-bond donors (Lipinski definition) is 2. The second kappa shape index (κ2) is 7.84. The Morgan fingerprint density at radius 3 is 2.25 bits per heavy atom. The Kier molecular flexibility index (Phi) is 6.05. The van der Waals surface area contributed by atoms with Gasteiger partial charge in [0, 0.05) is 11.1 Å². The van der Waals surface area contributed by atoms with Crippen LogP contribution in [-0.2, 0) is 20.9 Å². The number of rotatable bonds is 6. The average molecular weight is 385 g/mol. The van der Waals surface area contributed by atoms with E-state index in [1.807, 2.05) is 30.5 Å². The lowest BCUT2D eigenvalue weighted by Gasteiger charge is -2.15. The van der Waals surface area contributed by atoms with Crippen molar-refractivity contribution < 1.29 is 16.8 Å². The number of benzene rings is 2. The Hall–Kier alpha value is -1.81. The summed E-state index contributed by atoms with van der Waals surface area (Å²) in [5.41, 5.74) is 0.760. The van der Waals surface area contributed by atoms with Gasteiger partial charge in [-0.3, -0.25) is 0 Å². The molecule has 2 rings (SSSR count). The van der Waals surface area contributed by atoms with Gasteiger partial charge in [-0.15, -0.1) is 11.8 Å². The molecule has 2 aromatic rings. The minimum atomic E-state index is -4.05. The van der Waals surface area contributed by atoms with E-state index in [1.54, 1.807) is 17.8 Å². The van der Waals surface area contributed by atoms with E-state index in [4.69, 9.17) is 5.14 Å². The molecule has 2 N–H and O–H groups in total. The van der Waals surface area contributed by atoms with Crippen LogP contribution < -0.4 is 9.44 Å². The maximum atomic E-state index is 11.7. The smallest absolute Gasteiger partial charge is 0.240 e. The van der Waals surface area contributed by atoms with Crippen LogP contribution in [0.3, 0.4) is 0 Å². The van der Waals surface area contributed by atoms with Crippen LogP contribution in [0.2, 0.25) is 0 Å². The third kappa shape index (κ3) is 4.60. The average Bonchev–Trinajstić information content (AvgIpc) is 2.55. The lowest BCUT2D eigenvalue weighted by molar-refractivity contribution is 0.598. The minimum Gasteiger partial charge on any atom is -0.246 e. The first kappa shape index (κ1) is 18.5. The van der Waals surface area contributed by atoms with Gasteiger partial charge in [0.2, 0.25) is 20.9 Å². The summed E-state index contributed by atoms with van der Waals surface area (Å²) in [7, 11) is -7.14. The van der Waals surface area contributed by atoms with E-state index < -0.39 is 20.9 Å². The lowest BCUT2D eigenvalue weighted by atomic mass is 10.2. The Morgan fingerprint density at radius 1 is 1.08 bits per heavy atom. The SMILES string of the molecule is CSc1ccc(C=CN(c2ccccc2S(N)(=O)=O)[SH](=O)=O)cc1. The van der Waals surface area contributed by atoms with Gasteiger partial charge in [-0.05, 0) is 42.2 Å². The van der Waals surface area contributed by atoms with Gasteiger partial charge in [0.1, 0.15) is 4.90 Å². The molecule has 2 aromatic carbocycles. The molecule has 0 unspecified atom stereocenters. The number of thioether (sulfide) groups is 1. The molecule has 9 heteroatoms. The quantitative estimate of drug-likeness (QED) is 0.587. The van der Waals surface area contributed by atoms with Crippen molar-refractivity contribution in [1.29, 1.82) is 0 Å². The van der Waals surface area contributed by atoms with Gasteiger partial charge >= 0.3 is 0 Å².